The molecular formula is C23H27N3O6S. The quantitative estimate of drug-likeness (QED) is 0.441. The molecule has 9 nitrogen and oxygen atoms in total. The minimum Gasteiger partial charge on any atom is -0.493 e. The van der Waals surface area contributed by atoms with E-state index in [-0.39, 0.29) is 0 Å². The molecule has 0 unspecified atom stereocenters. The molecule has 2 aromatic carbocycles. The van der Waals surface area contributed by atoms with Crippen molar-refractivity contribution in [1.29, 1.82) is 0 Å². The lowest BCUT2D eigenvalue weighted by Gasteiger charge is -2.14. The van der Waals surface area contributed by atoms with E-state index in [4.69, 9.17) is 28.4 Å². The molecular weight excluding hydrogens is 446 g/mol. The van der Waals surface area contributed by atoms with Gasteiger partial charge in [0.25, 0.3) is 0 Å². The molecule has 0 radical (unpaired) electrons. The number of rotatable bonds is 9. The maximum atomic E-state index is 5.50. The van der Waals surface area contributed by atoms with Crippen molar-refractivity contribution in [1.82, 2.24) is 4.68 Å². The van der Waals surface area contributed by atoms with Gasteiger partial charge in [0.15, 0.2) is 23.0 Å². The zero-order valence-electron chi connectivity index (χ0n) is 19.7. The summed E-state index contributed by atoms with van der Waals surface area (Å²) in [6.45, 7) is 0. The fourth-order valence-electron chi connectivity index (χ4n) is 3.29. The maximum Gasteiger partial charge on any atom is 0.205 e. The van der Waals surface area contributed by atoms with E-state index < -0.39 is 0 Å². The zero-order valence-corrected chi connectivity index (χ0v) is 20.5. The van der Waals surface area contributed by atoms with Crippen molar-refractivity contribution >= 4 is 17.6 Å². The van der Waals surface area contributed by atoms with Gasteiger partial charge in [-0.05, 0) is 24.3 Å². The van der Waals surface area contributed by atoms with Crippen molar-refractivity contribution in [2.24, 2.45) is 10.1 Å². The summed E-state index contributed by atoms with van der Waals surface area (Å²) in [4.78, 5) is 5.06. The molecule has 0 saturated carbocycles. The summed E-state index contributed by atoms with van der Waals surface area (Å²) in [5.74, 6) is 3.22. The monoisotopic (exact) mass is 473 g/mol. The number of methoxy groups -OCH3 is 6. The van der Waals surface area contributed by atoms with Gasteiger partial charge < -0.3 is 28.4 Å². The molecule has 0 aliphatic heterocycles. The number of benzene rings is 2. The second kappa shape index (κ2) is 10.8. The van der Waals surface area contributed by atoms with Gasteiger partial charge in [-0.25, -0.2) is 4.68 Å². The molecule has 0 fully saturated rings. The van der Waals surface area contributed by atoms with Gasteiger partial charge in [-0.2, -0.15) is 5.10 Å². The largest absolute Gasteiger partial charge is 0.493 e. The van der Waals surface area contributed by atoms with Crippen LogP contribution in [-0.4, -0.2) is 60.6 Å². The molecule has 1 aromatic heterocycles. The summed E-state index contributed by atoms with van der Waals surface area (Å²) >= 11 is 1.46. The molecule has 0 aliphatic carbocycles. The number of ether oxygens (including phenoxy) is 6. The standard InChI is InChI=1S/C23H27N3O6S/c1-24-23-26(25-12-14-8-17(27-2)21(31-6)18(9-14)28-3)16(13-33-23)15-10-19(29-4)22(32-7)20(11-15)30-5/h8-13H,1-7H3/b24-23?,25-12-. The van der Waals surface area contributed by atoms with Gasteiger partial charge in [-0.15, -0.1) is 11.3 Å². The van der Waals surface area contributed by atoms with E-state index in [1.165, 1.54) is 11.3 Å². The van der Waals surface area contributed by atoms with Gasteiger partial charge in [0.2, 0.25) is 16.3 Å². The highest BCUT2D eigenvalue weighted by molar-refractivity contribution is 7.07. The van der Waals surface area contributed by atoms with Crippen molar-refractivity contribution < 1.29 is 28.4 Å². The van der Waals surface area contributed by atoms with Crippen molar-refractivity contribution in [3.63, 3.8) is 0 Å². The third-order valence-corrected chi connectivity index (χ3v) is 5.75. The lowest BCUT2D eigenvalue weighted by atomic mass is 10.1. The van der Waals surface area contributed by atoms with Crippen molar-refractivity contribution in [3.8, 4) is 45.8 Å². The van der Waals surface area contributed by atoms with E-state index in [2.05, 4.69) is 10.1 Å². The molecule has 0 aliphatic rings. The Morgan fingerprint density at radius 2 is 1.21 bits per heavy atom. The van der Waals surface area contributed by atoms with Crippen LogP contribution >= 0.6 is 11.3 Å². The average Bonchev–Trinajstić information content (AvgIpc) is 3.28. The molecule has 1 heterocycles. The van der Waals surface area contributed by atoms with Crippen LogP contribution in [0.5, 0.6) is 34.5 Å². The first-order valence-corrected chi connectivity index (χ1v) is 10.7. The smallest absolute Gasteiger partial charge is 0.205 e. The Morgan fingerprint density at radius 3 is 1.64 bits per heavy atom. The predicted molar refractivity (Wildman–Crippen MR) is 128 cm³/mol. The molecule has 0 N–H and O–H groups in total. The first-order valence-electron chi connectivity index (χ1n) is 9.83. The second-order valence-electron chi connectivity index (χ2n) is 6.56. The lowest BCUT2D eigenvalue weighted by molar-refractivity contribution is 0.324. The molecule has 10 heteroatoms. The van der Waals surface area contributed by atoms with Gasteiger partial charge in [-0.1, -0.05) is 0 Å². The number of aromatic nitrogens is 1. The minimum absolute atomic E-state index is 0.516. The van der Waals surface area contributed by atoms with Gasteiger partial charge in [0.1, 0.15) is 0 Å². The molecule has 0 saturated heterocycles. The molecule has 3 rings (SSSR count). The summed E-state index contributed by atoms with van der Waals surface area (Å²) in [5.41, 5.74) is 2.40. The molecule has 0 atom stereocenters. The number of hydrogen-bond acceptors (Lipinski definition) is 9. The van der Waals surface area contributed by atoms with Crippen LogP contribution < -0.4 is 33.2 Å². The molecule has 0 bridgehead atoms. The Labute approximate surface area is 196 Å². The first kappa shape index (κ1) is 24.0. The minimum atomic E-state index is 0.516. The van der Waals surface area contributed by atoms with Gasteiger partial charge in [0, 0.05) is 23.6 Å². The zero-order chi connectivity index (χ0) is 24.0. The first-order chi connectivity index (χ1) is 16.0. The molecule has 176 valence electrons. The van der Waals surface area contributed by atoms with E-state index in [1.54, 1.807) is 60.6 Å². The number of thiazole rings is 1. The highest BCUT2D eigenvalue weighted by atomic mass is 32.1. The van der Waals surface area contributed by atoms with E-state index in [0.717, 1.165) is 16.8 Å². The Bertz CT molecular complexity index is 1170. The van der Waals surface area contributed by atoms with Gasteiger partial charge in [-0.3, -0.25) is 4.99 Å². The van der Waals surface area contributed by atoms with Crippen LogP contribution in [0.4, 0.5) is 0 Å². The van der Waals surface area contributed by atoms with Crippen LogP contribution in [0.1, 0.15) is 5.56 Å². The highest BCUT2D eigenvalue weighted by Gasteiger charge is 2.17. The summed E-state index contributed by atoms with van der Waals surface area (Å²) in [6, 6.07) is 7.38. The third-order valence-electron chi connectivity index (χ3n) is 4.85. The van der Waals surface area contributed by atoms with Crippen molar-refractivity contribution in [3.05, 3.63) is 40.0 Å². The van der Waals surface area contributed by atoms with Crippen molar-refractivity contribution in [2.45, 2.75) is 0 Å². The van der Waals surface area contributed by atoms with E-state index in [9.17, 15) is 0 Å². The lowest BCUT2D eigenvalue weighted by Crippen LogP contribution is -2.11. The highest BCUT2D eigenvalue weighted by Crippen LogP contribution is 2.41. The third kappa shape index (κ3) is 4.75. The summed E-state index contributed by atoms with van der Waals surface area (Å²) in [5, 5.41) is 6.65. The van der Waals surface area contributed by atoms with Crippen LogP contribution in [0.15, 0.2) is 39.7 Å². The number of nitrogens with zero attached hydrogens (tertiary/aromatic N) is 3. The summed E-state index contributed by atoms with van der Waals surface area (Å²) in [7, 11) is 11.2. The molecule has 33 heavy (non-hydrogen) atoms. The maximum absolute atomic E-state index is 5.50. The Kier molecular flexibility index (Phi) is 7.83. The Morgan fingerprint density at radius 1 is 0.727 bits per heavy atom. The van der Waals surface area contributed by atoms with Crippen LogP contribution in [-0.2, 0) is 0 Å². The number of hydrogen-bond donors (Lipinski definition) is 0. The van der Waals surface area contributed by atoms with Gasteiger partial charge in [0.05, 0.1) is 54.6 Å². The molecule has 3 aromatic rings. The predicted octanol–water partition coefficient (Wildman–Crippen LogP) is 3.68. The summed E-state index contributed by atoms with van der Waals surface area (Å²) < 4.78 is 34.5. The average molecular weight is 474 g/mol. The SMILES string of the molecule is CN=c1scc(-c2cc(OC)c(OC)c(OC)c2)n1/N=C\c1cc(OC)c(OC)c(OC)c1. The molecule has 0 amide bonds. The molecule has 0 spiro atoms. The Balaban J connectivity index is 2.13. The fourth-order valence-corrected chi connectivity index (χ4v) is 4.09. The normalized spacial score (nSPS) is 11.5. The van der Waals surface area contributed by atoms with Crippen LogP contribution in [0.3, 0.4) is 0 Å². The van der Waals surface area contributed by atoms with E-state index in [0.29, 0.717) is 39.3 Å². The van der Waals surface area contributed by atoms with E-state index in [1.807, 2.05) is 29.6 Å². The summed E-state index contributed by atoms with van der Waals surface area (Å²) in [6.07, 6.45) is 1.70. The van der Waals surface area contributed by atoms with Crippen LogP contribution in [0.25, 0.3) is 11.3 Å². The topological polar surface area (TPSA) is 85.0 Å². The van der Waals surface area contributed by atoms with Crippen LogP contribution in [0, 0.1) is 0 Å². The van der Waals surface area contributed by atoms with E-state index >= 15 is 0 Å². The fraction of sp³-hybridized carbons (Fsp3) is 0.304. The Hall–Kier alpha value is -3.66. The second-order valence-corrected chi connectivity index (χ2v) is 7.39. The van der Waals surface area contributed by atoms with Crippen LogP contribution in [0.2, 0.25) is 0 Å². The van der Waals surface area contributed by atoms with Crippen molar-refractivity contribution in [2.75, 3.05) is 49.7 Å². The van der Waals surface area contributed by atoms with Gasteiger partial charge >= 0.3 is 0 Å².